The van der Waals surface area contributed by atoms with E-state index in [1.165, 1.54) is 22.9 Å². The molecule has 0 saturated carbocycles. The standard InChI is InChI=1S/C17H18F3N3O4/c18-17(19,20)27-12-3-1-2-11(8-12)5-7-23-9-14(21-22-23)16(24)6-4-13-10-25-15(16)26-13/h1-3,8-9,13,15,24H,4-7,10H2/t13-,15+,16?/m0/s1. The number of hydrogen-bond donors (Lipinski definition) is 1. The Labute approximate surface area is 152 Å². The van der Waals surface area contributed by atoms with E-state index in [2.05, 4.69) is 15.0 Å². The number of aliphatic hydroxyl groups is 1. The van der Waals surface area contributed by atoms with Gasteiger partial charge in [0.05, 0.1) is 18.9 Å². The van der Waals surface area contributed by atoms with Gasteiger partial charge in [0, 0.05) is 6.54 Å². The van der Waals surface area contributed by atoms with Crippen molar-refractivity contribution in [3.05, 3.63) is 41.7 Å². The monoisotopic (exact) mass is 385 g/mol. The fourth-order valence-corrected chi connectivity index (χ4v) is 3.35. The third kappa shape index (κ3) is 3.92. The Bertz CT molecular complexity index is 813. The summed E-state index contributed by atoms with van der Waals surface area (Å²) in [6.45, 7) is 0.838. The summed E-state index contributed by atoms with van der Waals surface area (Å²) < 4.78 is 53.5. The maximum Gasteiger partial charge on any atom is 0.573 e. The van der Waals surface area contributed by atoms with E-state index in [9.17, 15) is 18.3 Å². The second-order valence-corrected chi connectivity index (χ2v) is 6.70. The van der Waals surface area contributed by atoms with Crippen molar-refractivity contribution < 1.29 is 32.5 Å². The van der Waals surface area contributed by atoms with Gasteiger partial charge in [-0.2, -0.15) is 0 Å². The lowest BCUT2D eigenvalue weighted by molar-refractivity contribution is -0.274. The lowest BCUT2D eigenvalue weighted by Crippen LogP contribution is -2.44. The van der Waals surface area contributed by atoms with Gasteiger partial charge < -0.3 is 19.3 Å². The summed E-state index contributed by atoms with van der Waals surface area (Å²) in [5.41, 5.74) is -0.316. The lowest BCUT2D eigenvalue weighted by atomic mass is 9.90. The molecule has 2 aromatic rings. The molecule has 1 unspecified atom stereocenters. The van der Waals surface area contributed by atoms with Gasteiger partial charge in [0.25, 0.3) is 0 Å². The highest BCUT2D eigenvalue weighted by atomic mass is 19.4. The van der Waals surface area contributed by atoms with Crippen LogP contribution >= 0.6 is 0 Å². The van der Waals surface area contributed by atoms with Crippen molar-refractivity contribution in [3.8, 4) is 5.75 Å². The van der Waals surface area contributed by atoms with Gasteiger partial charge in [0.2, 0.25) is 0 Å². The molecule has 0 spiro atoms. The molecule has 2 fully saturated rings. The number of nitrogens with zero attached hydrogens (tertiary/aromatic N) is 3. The number of hydrogen-bond acceptors (Lipinski definition) is 6. The minimum Gasteiger partial charge on any atom is -0.406 e. The van der Waals surface area contributed by atoms with Crippen molar-refractivity contribution in [1.29, 1.82) is 0 Å². The molecule has 0 amide bonds. The number of ether oxygens (including phenoxy) is 3. The first-order chi connectivity index (χ1) is 12.8. The van der Waals surface area contributed by atoms with Crippen LogP contribution in [-0.4, -0.2) is 45.5 Å². The van der Waals surface area contributed by atoms with E-state index >= 15 is 0 Å². The van der Waals surface area contributed by atoms with Gasteiger partial charge >= 0.3 is 6.36 Å². The largest absolute Gasteiger partial charge is 0.573 e. The Hall–Kier alpha value is -2.17. The minimum absolute atomic E-state index is 0.0107. The highest BCUT2D eigenvalue weighted by molar-refractivity contribution is 5.28. The van der Waals surface area contributed by atoms with Crippen LogP contribution in [0.25, 0.3) is 0 Å². The molecule has 10 heteroatoms. The number of rotatable bonds is 5. The van der Waals surface area contributed by atoms with E-state index in [0.29, 0.717) is 43.7 Å². The zero-order valence-corrected chi connectivity index (χ0v) is 14.2. The third-order valence-corrected chi connectivity index (χ3v) is 4.73. The normalized spacial score (nSPS) is 27.7. The number of halogens is 3. The Morgan fingerprint density at radius 2 is 2.22 bits per heavy atom. The van der Waals surface area contributed by atoms with E-state index in [4.69, 9.17) is 9.47 Å². The number of alkyl halides is 3. The van der Waals surface area contributed by atoms with Crippen LogP contribution in [0.2, 0.25) is 0 Å². The van der Waals surface area contributed by atoms with E-state index in [1.807, 2.05) is 0 Å². The van der Waals surface area contributed by atoms with Crippen LogP contribution in [0.5, 0.6) is 5.75 Å². The van der Waals surface area contributed by atoms with Gasteiger partial charge in [-0.1, -0.05) is 17.3 Å². The fourth-order valence-electron chi connectivity index (χ4n) is 3.35. The highest BCUT2D eigenvalue weighted by Gasteiger charge is 2.51. The van der Waals surface area contributed by atoms with Crippen molar-refractivity contribution >= 4 is 0 Å². The molecule has 2 bridgehead atoms. The second-order valence-electron chi connectivity index (χ2n) is 6.70. The molecule has 2 saturated heterocycles. The Morgan fingerprint density at radius 1 is 1.37 bits per heavy atom. The molecule has 2 aliphatic rings. The highest BCUT2D eigenvalue weighted by Crippen LogP contribution is 2.40. The van der Waals surface area contributed by atoms with E-state index in [1.54, 1.807) is 12.3 Å². The lowest BCUT2D eigenvalue weighted by Gasteiger charge is -2.34. The zero-order chi connectivity index (χ0) is 19.1. The van der Waals surface area contributed by atoms with Crippen LogP contribution in [0.1, 0.15) is 24.1 Å². The topological polar surface area (TPSA) is 78.6 Å². The molecule has 2 aliphatic heterocycles. The van der Waals surface area contributed by atoms with Crippen molar-refractivity contribution in [1.82, 2.24) is 15.0 Å². The number of aryl methyl sites for hydroxylation is 2. The molecule has 1 aromatic heterocycles. The predicted octanol–water partition coefficient (Wildman–Crippen LogP) is 2.14. The number of fused-ring (bicyclic) bond motifs is 2. The Balaban J connectivity index is 1.41. The summed E-state index contributed by atoms with van der Waals surface area (Å²) in [6, 6.07) is 5.79. The maximum absolute atomic E-state index is 12.3. The van der Waals surface area contributed by atoms with Crippen LogP contribution in [-0.2, 0) is 28.0 Å². The van der Waals surface area contributed by atoms with Crippen LogP contribution in [0, 0.1) is 0 Å². The molecule has 1 N–H and O–H groups in total. The van der Waals surface area contributed by atoms with Crippen molar-refractivity contribution in [2.24, 2.45) is 0 Å². The molecule has 0 radical (unpaired) electrons. The summed E-state index contributed by atoms with van der Waals surface area (Å²) in [5, 5.41) is 18.9. The van der Waals surface area contributed by atoms with Crippen molar-refractivity contribution in [2.45, 2.75) is 50.2 Å². The van der Waals surface area contributed by atoms with Crippen molar-refractivity contribution in [3.63, 3.8) is 0 Å². The van der Waals surface area contributed by atoms with Gasteiger partial charge in [-0.15, -0.1) is 18.3 Å². The van der Waals surface area contributed by atoms with Crippen LogP contribution < -0.4 is 4.74 Å². The first-order valence-corrected chi connectivity index (χ1v) is 8.56. The van der Waals surface area contributed by atoms with Gasteiger partial charge in [0.15, 0.2) is 11.9 Å². The van der Waals surface area contributed by atoms with Crippen LogP contribution in [0.15, 0.2) is 30.5 Å². The maximum atomic E-state index is 12.3. The Kier molecular flexibility index (Phi) is 4.57. The summed E-state index contributed by atoms with van der Waals surface area (Å²) in [7, 11) is 0. The summed E-state index contributed by atoms with van der Waals surface area (Å²) >= 11 is 0. The Morgan fingerprint density at radius 3 is 3.04 bits per heavy atom. The number of aromatic nitrogens is 3. The smallest absolute Gasteiger partial charge is 0.406 e. The van der Waals surface area contributed by atoms with Crippen molar-refractivity contribution in [2.75, 3.05) is 6.61 Å². The predicted molar refractivity (Wildman–Crippen MR) is 84.6 cm³/mol. The third-order valence-electron chi connectivity index (χ3n) is 4.73. The van der Waals surface area contributed by atoms with E-state index in [-0.39, 0.29) is 11.9 Å². The number of benzene rings is 1. The molecule has 3 heterocycles. The molecule has 4 rings (SSSR count). The average Bonchev–Trinajstić information content (AvgIpc) is 3.24. The van der Waals surface area contributed by atoms with E-state index < -0.39 is 18.3 Å². The van der Waals surface area contributed by atoms with Gasteiger partial charge in [-0.05, 0) is 37.0 Å². The average molecular weight is 385 g/mol. The van der Waals surface area contributed by atoms with Crippen LogP contribution in [0.4, 0.5) is 13.2 Å². The first kappa shape index (κ1) is 18.2. The quantitative estimate of drug-likeness (QED) is 0.850. The molecule has 0 aliphatic carbocycles. The minimum atomic E-state index is -4.72. The van der Waals surface area contributed by atoms with Crippen LogP contribution in [0.3, 0.4) is 0 Å². The van der Waals surface area contributed by atoms with Gasteiger partial charge in [-0.25, -0.2) is 0 Å². The first-order valence-electron chi connectivity index (χ1n) is 8.56. The van der Waals surface area contributed by atoms with Gasteiger partial charge in [0.1, 0.15) is 11.4 Å². The molecule has 1 aromatic carbocycles. The van der Waals surface area contributed by atoms with Gasteiger partial charge in [-0.3, -0.25) is 4.68 Å². The molecular weight excluding hydrogens is 367 g/mol. The molecule has 27 heavy (non-hydrogen) atoms. The molecule has 3 atom stereocenters. The SMILES string of the molecule is OC1(c2cn(CCc3cccc(OC(F)(F)F)c3)nn2)CC[C@H]2CO[C@@H]1O2. The fraction of sp³-hybridized carbons (Fsp3) is 0.529. The zero-order valence-electron chi connectivity index (χ0n) is 14.2. The second kappa shape index (κ2) is 6.77. The summed E-state index contributed by atoms with van der Waals surface area (Å²) in [4.78, 5) is 0. The summed E-state index contributed by atoms with van der Waals surface area (Å²) in [6.07, 6.45) is -2.29. The molecule has 146 valence electrons. The summed E-state index contributed by atoms with van der Waals surface area (Å²) in [5.74, 6) is -0.263. The molecular formula is C17H18F3N3O4. The van der Waals surface area contributed by atoms with E-state index in [0.717, 1.165) is 0 Å². The molecule has 7 nitrogen and oxygen atoms in total.